The lowest BCUT2D eigenvalue weighted by Crippen LogP contribution is -2.49. The maximum Gasteiger partial charge on any atom is 0.193 e. The van der Waals surface area contributed by atoms with Gasteiger partial charge in [-0.3, -0.25) is 4.99 Å². The zero-order valence-electron chi connectivity index (χ0n) is 13.6. The minimum absolute atomic E-state index is 0.743. The van der Waals surface area contributed by atoms with Crippen LogP contribution in [0.4, 0.5) is 0 Å². The average Bonchev–Trinajstić information content (AvgIpc) is 2.94. The summed E-state index contributed by atoms with van der Waals surface area (Å²) in [5.74, 6) is 3.58. The van der Waals surface area contributed by atoms with Crippen LogP contribution in [0.15, 0.2) is 27.8 Å². The molecule has 0 amide bonds. The zero-order valence-corrected chi connectivity index (χ0v) is 13.6. The molecule has 1 fully saturated rings. The number of guanidine groups is 1. The molecule has 4 heteroatoms. The lowest BCUT2D eigenvalue weighted by atomic mass is 9.92. The van der Waals surface area contributed by atoms with E-state index in [4.69, 9.17) is 9.41 Å². The van der Waals surface area contributed by atoms with Crippen LogP contribution < -0.4 is 5.32 Å². The van der Waals surface area contributed by atoms with Gasteiger partial charge in [-0.1, -0.05) is 20.8 Å². The van der Waals surface area contributed by atoms with Crippen molar-refractivity contribution in [3.63, 3.8) is 0 Å². The molecule has 0 saturated carbocycles. The van der Waals surface area contributed by atoms with E-state index in [0.717, 1.165) is 62.6 Å². The van der Waals surface area contributed by atoms with Gasteiger partial charge in [-0.15, -0.1) is 0 Å². The van der Waals surface area contributed by atoms with Gasteiger partial charge in [0.05, 0.1) is 6.26 Å². The van der Waals surface area contributed by atoms with Gasteiger partial charge in [-0.25, -0.2) is 0 Å². The lowest BCUT2D eigenvalue weighted by Gasteiger charge is -2.37. The topological polar surface area (TPSA) is 40.8 Å². The number of furan rings is 1. The number of aliphatic imine (C=N–C) groups is 1. The molecule has 1 N–H and O–H groups in total. The SMILES string of the molecule is CCCN=C(NCCc1ccco1)N1CC(C)CC(C)C1. The van der Waals surface area contributed by atoms with Crippen molar-refractivity contribution in [3.05, 3.63) is 24.2 Å². The molecule has 0 aromatic carbocycles. The third-order valence-electron chi connectivity index (χ3n) is 3.89. The molecule has 0 aliphatic carbocycles. The lowest BCUT2D eigenvalue weighted by molar-refractivity contribution is 0.208. The molecule has 2 unspecified atom stereocenters. The Morgan fingerprint density at radius 1 is 1.38 bits per heavy atom. The second-order valence-corrected chi connectivity index (χ2v) is 6.31. The Morgan fingerprint density at radius 2 is 2.14 bits per heavy atom. The van der Waals surface area contributed by atoms with E-state index in [1.54, 1.807) is 6.26 Å². The summed E-state index contributed by atoms with van der Waals surface area (Å²) < 4.78 is 5.38. The fourth-order valence-electron chi connectivity index (χ4n) is 3.07. The van der Waals surface area contributed by atoms with Gasteiger partial charge in [0.15, 0.2) is 5.96 Å². The van der Waals surface area contributed by atoms with Crippen LogP contribution in [-0.4, -0.2) is 37.0 Å². The van der Waals surface area contributed by atoms with Gasteiger partial charge in [-0.2, -0.15) is 0 Å². The Kier molecular flexibility index (Phi) is 6.15. The minimum Gasteiger partial charge on any atom is -0.469 e. The van der Waals surface area contributed by atoms with E-state index in [9.17, 15) is 0 Å². The number of likely N-dealkylation sites (tertiary alicyclic amines) is 1. The van der Waals surface area contributed by atoms with Crippen molar-refractivity contribution >= 4 is 5.96 Å². The fourth-order valence-corrected chi connectivity index (χ4v) is 3.07. The van der Waals surface area contributed by atoms with Crippen molar-refractivity contribution < 1.29 is 4.42 Å². The first-order valence-electron chi connectivity index (χ1n) is 8.24. The number of nitrogens with one attached hydrogen (secondary N) is 1. The molecule has 1 aliphatic rings. The molecule has 1 aromatic rings. The summed E-state index contributed by atoms with van der Waals surface area (Å²) in [6.45, 7) is 10.8. The summed E-state index contributed by atoms with van der Waals surface area (Å²) >= 11 is 0. The molecule has 1 saturated heterocycles. The van der Waals surface area contributed by atoms with Gasteiger partial charge in [0.25, 0.3) is 0 Å². The maximum atomic E-state index is 5.38. The Labute approximate surface area is 128 Å². The molecule has 2 atom stereocenters. The quantitative estimate of drug-likeness (QED) is 0.669. The Bertz CT molecular complexity index is 417. The molecule has 2 rings (SSSR count). The van der Waals surface area contributed by atoms with Crippen molar-refractivity contribution in [2.45, 2.75) is 40.0 Å². The predicted octanol–water partition coefficient (Wildman–Crippen LogP) is 3.16. The number of nitrogens with zero attached hydrogens (tertiary/aromatic N) is 2. The minimum atomic E-state index is 0.743. The normalized spacial score (nSPS) is 23.4. The molecular weight excluding hydrogens is 262 g/mol. The number of hydrogen-bond acceptors (Lipinski definition) is 2. The summed E-state index contributed by atoms with van der Waals surface area (Å²) in [6, 6.07) is 3.96. The summed E-state index contributed by atoms with van der Waals surface area (Å²) in [5, 5.41) is 3.52. The summed E-state index contributed by atoms with van der Waals surface area (Å²) in [7, 11) is 0. The van der Waals surface area contributed by atoms with Gasteiger partial charge in [0.2, 0.25) is 0 Å². The van der Waals surface area contributed by atoms with Gasteiger partial charge in [-0.05, 0) is 36.8 Å². The van der Waals surface area contributed by atoms with E-state index in [1.807, 2.05) is 12.1 Å². The van der Waals surface area contributed by atoms with Crippen LogP contribution in [0, 0.1) is 11.8 Å². The van der Waals surface area contributed by atoms with Crippen LogP contribution in [0.3, 0.4) is 0 Å². The van der Waals surface area contributed by atoms with Crippen LogP contribution in [0.2, 0.25) is 0 Å². The maximum absolute atomic E-state index is 5.38. The van der Waals surface area contributed by atoms with Crippen molar-refractivity contribution in [1.29, 1.82) is 0 Å². The zero-order chi connectivity index (χ0) is 15.1. The number of rotatable bonds is 5. The van der Waals surface area contributed by atoms with E-state index in [0.29, 0.717) is 0 Å². The number of hydrogen-bond donors (Lipinski definition) is 1. The third kappa shape index (κ3) is 5.10. The summed E-state index contributed by atoms with van der Waals surface area (Å²) in [5.41, 5.74) is 0. The molecule has 21 heavy (non-hydrogen) atoms. The highest BCUT2D eigenvalue weighted by atomic mass is 16.3. The molecular formula is C17H29N3O. The Hall–Kier alpha value is -1.45. The van der Waals surface area contributed by atoms with E-state index in [2.05, 4.69) is 31.0 Å². The first-order chi connectivity index (χ1) is 10.2. The second kappa shape index (κ2) is 8.11. The Balaban J connectivity index is 1.90. The molecule has 1 aliphatic heterocycles. The second-order valence-electron chi connectivity index (χ2n) is 6.31. The monoisotopic (exact) mass is 291 g/mol. The predicted molar refractivity (Wildman–Crippen MR) is 87.5 cm³/mol. The van der Waals surface area contributed by atoms with E-state index >= 15 is 0 Å². The Morgan fingerprint density at radius 3 is 2.76 bits per heavy atom. The van der Waals surface area contributed by atoms with Crippen LogP contribution in [0.5, 0.6) is 0 Å². The highest BCUT2D eigenvalue weighted by molar-refractivity contribution is 5.80. The van der Waals surface area contributed by atoms with Crippen LogP contribution in [-0.2, 0) is 6.42 Å². The third-order valence-corrected chi connectivity index (χ3v) is 3.89. The van der Waals surface area contributed by atoms with Crippen LogP contribution >= 0.6 is 0 Å². The molecule has 118 valence electrons. The van der Waals surface area contributed by atoms with E-state index in [-0.39, 0.29) is 0 Å². The van der Waals surface area contributed by atoms with E-state index < -0.39 is 0 Å². The van der Waals surface area contributed by atoms with Crippen molar-refractivity contribution in [1.82, 2.24) is 10.2 Å². The van der Waals surface area contributed by atoms with Crippen LogP contribution in [0.1, 0.15) is 39.4 Å². The van der Waals surface area contributed by atoms with Crippen molar-refractivity contribution in [2.75, 3.05) is 26.2 Å². The highest BCUT2D eigenvalue weighted by Crippen LogP contribution is 2.20. The molecule has 2 heterocycles. The van der Waals surface area contributed by atoms with Gasteiger partial charge < -0.3 is 14.6 Å². The highest BCUT2D eigenvalue weighted by Gasteiger charge is 2.24. The van der Waals surface area contributed by atoms with Crippen LogP contribution in [0.25, 0.3) is 0 Å². The van der Waals surface area contributed by atoms with Gasteiger partial charge >= 0.3 is 0 Å². The molecule has 0 radical (unpaired) electrons. The van der Waals surface area contributed by atoms with Crippen molar-refractivity contribution in [3.8, 4) is 0 Å². The average molecular weight is 291 g/mol. The summed E-state index contributed by atoms with van der Waals surface area (Å²) in [6.07, 6.45) is 5.04. The first kappa shape index (κ1) is 15.9. The standard InChI is InChI=1S/C17H29N3O/c1-4-8-18-17(19-9-7-16-6-5-10-21-16)20-12-14(2)11-15(3)13-20/h5-6,10,14-15H,4,7-9,11-13H2,1-3H3,(H,18,19). The largest absolute Gasteiger partial charge is 0.469 e. The molecule has 0 bridgehead atoms. The first-order valence-corrected chi connectivity index (χ1v) is 8.24. The fraction of sp³-hybridized carbons (Fsp3) is 0.706. The molecule has 1 aromatic heterocycles. The number of piperidine rings is 1. The van der Waals surface area contributed by atoms with Crippen molar-refractivity contribution in [2.24, 2.45) is 16.8 Å². The van der Waals surface area contributed by atoms with Gasteiger partial charge in [0.1, 0.15) is 5.76 Å². The van der Waals surface area contributed by atoms with Gasteiger partial charge in [0, 0.05) is 32.6 Å². The van der Waals surface area contributed by atoms with E-state index in [1.165, 1.54) is 6.42 Å². The molecule has 0 spiro atoms. The molecule has 4 nitrogen and oxygen atoms in total. The smallest absolute Gasteiger partial charge is 0.193 e. The summed E-state index contributed by atoms with van der Waals surface area (Å²) in [4.78, 5) is 7.18.